The Bertz CT molecular complexity index is 871. The minimum absolute atomic E-state index is 0.354. The van der Waals surface area contributed by atoms with Crippen LogP contribution >= 0.6 is 35.3 Å². The van der Waals surface area contributed by atoms with Gasteiger partial charge in [0.2, 0.25) is 10.0 Å². The summed E-state index contributed by atoms with van der Waals surface area (Å²) in [6.07, 6.45) is 1.11. The lowest BCUT2D eigenvalue weighted by atomic mass is 10.4. The molecule has 0 N–H and O–H groups in total. The van der Waals surface area contributed by atoms with Crippen LogP contribution in [0.15, 0.2) is 39.6 Å². The van der Waals surface area contributed by atoms with E-state index in [1.165, 1.54) is 0 Å². The molecule has 1 fully saturated rings. The van der Waals surface area contributed by atoms with Gasteiger partial charge in [-0.25, -0.2) is 13.1 Å². The SMILES string of the molecule is CCCSc1nn(CN2CCN(S(=O)(=O)c3ccccc3)CC2)c(=S)s1. The summed E-state index contributed by atoms with van der Waals surface area (Å²) < 4.78 is 30.5. The molecule has 0 radical (unpaired) electrons. The van der Waals surface area contributed by atoms with Crippen molar-refractivity contribution in [2.24, 2.45) is 0 Å². The quantitative estimate of drug-likeness (QED) is 0.497. The number of hydrogen-bond acceptors (Lipinski definition) is 7. The molecular formula is C16H22N4O2S4. The molecule has 2 heterocycles. The summed E-state index contributed by atoms with van der Waals surface area (Å²) in [5.41, 5.74) is 0. The molecule has 0 unspecified atom stereocenters. The van der Waals surface area contributed by atoms with Gasteiger partial charge in [0, 0.05) is 31.9 Å². The number of hydrogen-bond donors (Lipinski definition) is 0. The molecule has 2 aromatic rings. The van der Waals surface area contributed by atoms with Crippen LogP contribution in [-0.4, -0.2) is 59.3 Å². The van der Waals surface area contributed by atoms with Crippen LogP contribution in [0, 0.1) is 3.95 Å². The van der Waals surface area contributed by atoms with Crippen LogP contribution in [-0.2, 0) is 16.7 Å². The minimum Gasteiger partial charge on any atom is -0.282 e. The van der Waals surface area contributed by atoms with E-state index in [2.05, 4.69) is 16.9 Å². The Labute approximate surface area is 167 Å². The molecule has 10 heteroatoms. The largest absolute Gasteiger partial charge is 0.282 e. The molecule has 0 saturated carbocycles. The van der Waals surface area contributed by atoms with Crippen molar-refractivity contribution in [2.75, 3.05) is 31.9 Å². The Hall–Kier alpha value is -0.780. The molecule has 1 aromatic carbocycles. The maximum atomic E-state index is 12.7. The zero-order chi connectivity index (χ0) is 18.6. The number of nitrogens with zero attached hydrogens (tertiary/aromatic N) is 4. The van der Waals surface area contributed by atoms with Crippen molar-refractivity contribution < 1.29 is 8.42 Å². The molecule has 0 atom stereocenters. The first-order valence-electron chi connectivity index (χ1n) is 8.49. The normalized spacial score (nSPS) is 16.8. The van der Waals surface area contributed by atoms with Crippen LogP contribution in [0.3, 0.4) is 0 Å². The Kier molecular flexibility index (Phi) is 6.87. The highest BCUT2D eigenvalue weighted by atomic mass is 32.2. The van der Waals surface area contributed by atoms with Crippen LogP contribution in [0.2, 0.25) is 0 Å². The van der Waals surface area contributed by atoms with Crippen molar-refractivity contribution in [1.29, 1.82) is 0 Å². The number of piperazine rings is 1. The summed E-state index contributed by atoms with van der Waals surface area (Å²) in [7, 11) is -3.41. The van der Waals surface area contributed by atoms with Crippen LogP contribution in [0.1, 0.15) is 13.3 Å². The molecule has 0 aliphatic carbocycles. The first kappa shape index (κ1) is 20.0. The third kappa shape index (κ3) is 4.73. The maximum absolute atomic E-state index is 12.7. The van der Waals surface area contributed by atoms with Gasteiger partial charge in [0.1, 0.15) is 0 Å². The third-order valence-corrected chi connectivity index (χ3v) is 8.62. The van der Waals surface area contributed by atoms with E-state index in [-0.39, 0.29) is 0 Å². The lowest BCUT2D eigenvalue weighted by Crippen LogP contribution is -2.48. The number of thioether (sulfide) groups is 1. The lowest BCUT2D eigenvalue weighted by Gasteiger charge is -2.33. The van der Waals surface area contributed by atoms with Crippen molar-refractivity contribution in [3.05, 3.63) is 34.3 Å². The van der Waals surface area contributed by atoms with Gasteiger partial charge in [0.05, 0.1) is 11.6 Å². The highest BCUT2D eigenvalue weighted by Gasteiger charge is 2.28. The van der Waals surface area contributed by atoms with Gasteiger partial charge >= 0.3 is 0 Å². The smallest absolute Gasteiger partial charge is 0.243 e. The molecule has 1 aromatic heterocycles. The second-order valence-electron chi connectivity index (χ2n) is 5.96. The number of sulfonamides is 1. The van der Waals surface area contributed by atoms with Crippen molar-refractivity contribution in [3.63, 3.8) is 0 Å². The molecule has 3 rings (SSSR count). The van der Waals surface area contributed by atoms with E-state index in [4.69, 9.17) is 12.2 Å². The lowest BCUT2D eigenvalue weighted by molar-refractivity contribution is 0.144. The zero-order valence-corrected chi connectivity index (χ0v) is 17.8. The molecule has 1 aliphatic rings. The second kappa shape index (κ2) is 8.94. The first-order valence-corrected chi connectivity index (χ1v) is 12.1. The number of benzene rings is 1. The molecule has 0 amide bonds. The summed E-state index contributed by atoms with van der Waals surface area (Å²) in [4.78, 5) is 2.55. The van der Waals surface area contributed by atoms with Crippen LogP contribution in [0.4, 0.5) is 0 Å². The van der Waals surface area contributed by atoms with Gasteiger partial charge in [-0.3, -0.25) is 4.90 Å². The summed E-state index contributed by atoms with van der Waals surface area (Å²) in [5.74, 6) is 1.04. The molecule has 6 nitrogen and oxygen atoms in total. The van der Waals surface area contributed by atoms with Crippen LogP contribution < -0.4 is 0 Å². The summed E-state index contributed by atoms with van der Waals surface area (Å²) in [6.45, 7) is 5.05. The Balaban J connectivity index is 1.59. The highest BCUT2D eigenvalue weighted by Crippen LogP contribution is 2.23. The van der Waals surface area contributed by atoms with E-state index in [1.807, 2.05) is 10.7 Å². The van der Waals surface area contributed by atoms with Gasteiger partial charge in [0.15, 0.2) is 8.29 Å². The Morgan fingerprint density at radius 3 is 2.54 bits per heavy atom. The number of aromatic nitrogens is 2. The molecule has 0 bridgehead atoms. The van der Waals surface area contributed by atoms with Crippen molar-refractivity contribution in [1.82, 2.24) is 19.0 Å². The molecular weight excluding hydrogens is 408 g/mol. The molecule has 1 saturated heterocycles. The standard InChI is InChI=1S/C16H22N4O2S4/c1-2-12-24-15-17-20(16(23)25-15)13-18-8-10-19(11-9-18)26(21,22)14-6-4-3-5-7-14/h3-7H,2,8-13H2,1H3. The van der Waals surface area contributed by atoms with Crippen LogP contribution in [0.25, 0.3) is 0 Å². The van der Waals surface area contributed by atoms with E-state index >= 15 is 0 Å². The predicted molar refractivity (Wildman–Crippen MR) is 109 cm³/mol. The minimum atomic E-state index is -3.41. The maximum Gasteiger partial charge on any atom is 0.243 e. The fourth-order valence-electron chi connectivity index (χ4n) is 2.67. The van der Waals surface area contributed by atoms with E-state index < -0.39 is 10.0 Å². The summed E-state index contributed by atoms with van der Waals surface area (Å²) in [5, 5.41) is 4.58. The van der Waals surface area contributed by atoms with Gasteiger partial charge in [-0.2, -0.15) is 9.40 Å². The van der Waals surface area contributed by atoms with Crippen molar-refractivity contribution >= 4 is 45.3 Å². The second-order valence-corrected chi connectivity index (χ2v) is 10.9. The van der Waals surface area contributed by atoms with E-state index in [0.29, 0.717) is 37.7 Å². The molecule has 1 aliphatic heterocycles. The summed E-state index contributed by atoms with van der Waals surface area (Å²) in [6, 6.07) is 8.61. The monoisotopic (exact) mass is 430 g/mol. The van der Waals surface area contributed by atoms with E-state index in [9.17, 15) is 8.42 Å². The van der Waals surface area contributed by atoms with Crippen molar-refractivity contribution in [2.45, 2.75) is 29.2 Å². The average molecular weight is 431 g/mol. The third-order valence-electron chi connectivity index (χ3n) is 4.06. The van der Waals surface area contributed by atoms with Gasteiger partial charge < -0.3 is 0 Å². The van der Waals surface area contributed by atoms with Gasteiger partial charge in [0.25, 0.3) is 0 Å². The molecule has 26 heavy (non-hydrogen) atoms. The van der Waals surface area contributed by atoms with Gasteiger partial charge in [-0.05, 0) is 30.8 Å². The van der Waals surface area contributed by atoms with Gasteiger partial charge in [-0.1, -0.05) is 48.2 Å². The average Bonchev–Trinajstić information content (AvgIpc) is 3.00. The Morgan fingerprint density at radius 1 is 1.19 bits per heavy atom. The number of rotatable bonds is 7. The topological polar surface area (TPSA) is 58.4 Å². The first-order chi connectivity index (χ1) is 12.5. The fourth-order valence-corrected chi connectivity index (χ4v) is 6.35. The Morgan fingerprint density at radius 2 is 1.88 bits per heavy atom. The fraction of sp³-hybridized carbons (Fsp3) is 0.500. The zero-order valence-electron chi connectivity index (χ0n) is 14.6. The van der Waals surface area contributed by atoms with E-state index in [1.54, 1.807) is 51.7 Å². The van der Waals surface area contributed by atoms with Gasteiger partial charge in [-0.15, -0.1) is 0 Å². The van der Waals surface area contributed by atoms with E-state index in [0.717, 1.165) is 20.5 Å². The molecule has 0 spiro atoms. The predicted octanol–water partition coefficient (Wildman–Crippen LogP) is 3.14. The summed E-state index contributed by atoms with van der Waals surface area (Å²) >= 11 is 8.69. The van der Waals surface area contributed by atoms with Crippen LogP contribution in [0.5, 0.6) is 0 Å². The molecule has 142 valence electrons. The van der Waals surface area contributed by atoms with Crippen molar-refractivity contribution in [3.8, 4) is 0 Å². The highest BCUT2D eigenvalue weighted by molar-refractivity contribution is 8.01.